The van der Waals surface area contributed by atoms with Gasteiger partial charge in [-0.2, -0.15) is 0 Å². The van der Waals surface area contributed by atoms with E-state index in [0.717, 1.165) is 25.4 Å². The molecule has 0 radical (unpaired) electrons. The minimum Gasteiger partial charge on any atom is -0.395 e. The molecule has 2 fully saturated rings. The van der Waals surface area contributed by atoms with Crippen molar-refractivity contribution in [3.8, 4) is 0 Å². The molecule has 94 valence electrons. The average Bonchev–Trinajstić information content (AvgIpc) is 3.16. The smallest absolute Gasteiger partial charge is 0.0585 e. The van der Waals surface area contributed by atoms with Gasteiger partial charge in [-0.05, 0) is 51.1 Å². The third kappa shape index (κ3) is 4.40. The van der Waals surface area contributed by atoms with Gasteiger partial charge in [0.15, 0.2) is 0 Å². The molecular formula is C13H26N2O. The molecule has 2 aliphatic rings. The first-order chi connectivity index (χ1) is 7.81. The molecule has 0 aromatic rings. The summed E-state index contributed by atoms with van der Waals surface area (Å²) in [5.74, 6) is 0.976. The number of hydrogen-bond donors (Lipinski definition) is 2. The fourth-order valence-electron chi connectivity index (χ4n) is 2.19. The second kappa shape index (κ2) is 5.99. The van der Waals surface area contributed by atoms with Crippen LogP contribution in [0.2, 0.25) is 0 Å². The van der Waals surface area contributed by atoms with Crippen LogP contribution in [-0.2, 0) is 0 Å². The summed E-state index contributed by atoms with van der Waals surface area (Å²) in [6.45, 7) is 6.09. The van der Waals surface area contributed by atoms with Gasteiger partial charge in [-0.1, -0.05) is 6.92 Å². The summed E-state index contributed by atoms with van der Waals surface area (Å²) in [5, 5.41) is 12.8. The number of hydrogen-bond acceptors (Lipinski definition) is 3. The largest absolute Gasteiger partial charge is 0.395 e. The molecule has 1 unspecified atom stereocenters. The van der Waals surface area contributed by atoms with Gasteiger partial charge in [0.05, 0.1) is 6.61 Å². The summed E-state index contributed by atoms with van der Waals surface area (Å²) in [4.78, 5) is 2.54. The zero-order chi connectivity index (χ0) is 11.4. The lowest BCUT2D eigenvalue weighted by Gasteiger charge is -2.23. The van der Waals surface area contributed by atoms with E-state index in [4.69, 9.17) is 0 Å². The normalized spacial score (nSPS) is 22.7. The van der Waals surface area contributed by atoms with Gasteiger partial charge in [0.1, 0.15) is 0 Å². The van der Waals surface area contributed by atoms with Gasteiger partial charge in [0.2, 0.25) is 0 Å². The molecular weight excluding hydrogens is 200 g/mol. The molecule has 2 rings (SSSR count). The Balaban J connectivity index is 1.61. The van der Waals surface area contributed by atoms with Crippen LogP contribution in [0.1, 0.15) is 39.0 Å². The van der Waals surface area contributed by atoms with Crippen molar-refractivity contribution in [3.05, 3.63) is 0 Å². The van der Waals surface area contributed by atoms with Crippen LogP contribution in [0.5, 0.6) is 0 Å². The van der Waals surface area contributed by atoms with Crippen molar-refractivity contribution in [1.82, 2.24) is 10.2 Å². The van der Waals surface area contributed by atoms with Crippen LogP contribution >= 0.6 is 0 Å². The number of nitrogens with zero attached hydrogens (tertiary/aromatic N) is 1. The Labute approximate surface area is 99.2 Å². The molecule has 0 aliphatic heterocycles. The first-order valence-corrected chi connectivity index (χ1v) is 6.91. The summed E-state index contributed by atoms with van der Waals surface area (Å²) in [6, 6.07) is 1.02. The predicted octanol–water partition coefficient (Wildman–Crippen LogP) is 1.22. The summed E-state index contributed by atoms with van der Waals surface area (Å²) in [6.07, 6.45) is 6.56. The molecule has 0 aromatic carbocycles. The molecule has 0 heterocycles. The van der Waals surface area contributed by atoms with Crippen LogP contribution in [0.3, 0.4) is 0 Å². The molecule has 2 aliphatic carbocycles. The maximum Gasteiger partial charge on any atom is 0.0585 e. The van der Waals surface area contributed by atoms with Gasteiger partial charge in [-0.25, -0.2) is 0 Å². The second-order valence-electron chi connectivity index (χ2n) is 5.45. The van der Waals surface area contributed by atoms with E-state index in [1.807, 2.05) is 0 Å². The lowest BCUT2D eigenvalue weighted by molar-refractivity contribution is 0.204. The maximum absolute atomic E-state index is 9.30. The first-order valence-electron chi connectivity index (χ1n) is 6.91. The Morgan fingerprint density at radius 2 is 2.06 bits per heavy atom. The summed E-state index contributed by atoms with van der Waals surface area (Å²) < 4.78 is 0. The average molecular weight is 226 g/mol. The molecule has 0 amide bonds. The predicted molar refractivity (Wildman–Crippen MR) is 66.5 cm³/mol. The summed E-state index contributed by atoms with van der Waals surface area (Å²) >= 11 is 0. The zero-order valence-corrected chi connectivity index (χ0v) is 10.5. The third-order valence-corrected chi connectivity index (χ3v) is 3.72. The minimum absolute atomic E-state index is 0.289. The van der Waals surface area contributed by atoms with Crippen LogP contribution in [0.15, 0.2) is 0 Å². The van der Waals surface area contributed by atoms with E-state index in [-0.39, 0.29) is 6.61 Å². The topological polar surface area (TPSA) is 35.5 Å². The molecule has 2 saturated carbocycles. The SMILES string of the molecule is CCN(CCC(CO)NC1CC1)CC1CC1. The lowest BCUT2D eigenvalue weighted by Crippen LogP contribution is -2.38. The van der Waals surface area contributed by atoms with Crippen molar-refractivity contribution < 1.29 is 5.11 Å². The van der Waals surface area contributed by atoms with Crippen LogP contribution in [0, 0.1) is 5.92 Å². The number of aliphatic hydroxyl groups is 1. The van der Waals surface area contributed by atoms with E-state index in [1.54, 1.807) is 0 Å². The van der Waals surface area contributed by atoms with Gasteiger partial charge in [-0.3, -0.25) is 0 Å². The number of aliphatic hydroxyl groups excluding tert-OH is 1. The van der Waals surface area contributed by atoms with Gasteiger partial charge >= 0.3 is 0 Å². The molecule has 0 spiro atoms. The molecule has 0 bridgehead atoms. The number of rotatable bonds is 9. The van der Waals surface area contributed by atoms with E-state index >= 15 is 0 Å². The Morgan fingerprint density at radius 1 is 1.31 bits per heavy atom. The second-order valence-corrected chi connectivity index (χ2v) is 5.45. The quantitative estimate of drug-likeness (QED) is 0.620. The van der Waals surface area contributed by atoms with E-state index in [1.165, 1.54) is 32.2 Å². The highest BCUT2D eigenvalue weighted by Gasteiger charge is 2.26. The van der Waals surface area contributed by atoms with Crippen molar-refractivity contribution in [2.75, 3.05) is 26.2 Å². The standard InChI is InChI=1S/C13H26N2O/c1-2-15(9-11-3-4-11)8-7-13(10-16)14-12-5-6-12/h11-14,16H,2-10H2,1H3. The molecule has 0 aromatic heterocycles. The highest BCUT2D eigenvalue weighted by atomic mass is 16.3. The highest BCUT2D eigenvalue weighted by Crippen LogP contribution is 2.29. The first kappa shape index (κ1) is 12.3. The maximum atomic E-state index is 9.30. The van der Waals surface area contributed by atoms with Gasteiger partial charge in [-0.15, -0.1) is 0 Å². The van der Waals surface area contributed by atoms with Crippen LogP contribution in [0.4, 0.5) is 0 Å². The fourth-order valence-corrected chi connectivity index (χ4v) is 2.19. The summed E-state index contributed by atoms with van der Waals surface area (Å²) in [5.41, 5.74) is 0. The van der Waals surface area contributed by atoms with E-state index in [2.05, 4.69) is 17.1 Å². The lowest BCUT2D eigenvalue weighted by atomic mass is 10.2. The van der Waals surface area contributed by atoms with Crippen LogP contribution in [0.25, 0.3) is 0 Å². The third-order valence-electron chi connectivity index (χ3n) is 3.72. The Bertz CT molecular complexity index is 180. The minimum atomic E-state index is 0.289. The number of nitrogens with one attached hydrogen (secondary N) is 1. The highest BCUT2D eigenvalue weighted by molar-refractivity contribution is 4.85. The van der Waals surface area contributed by atoms with Gasteiger partial charge in [0.25, 0.3) is 0 Å². The monoisotopic (exact) mass is 226 g/mol. The fraction of sp³-hybridized carbons (Fsp3) is 1.00. The molecule has 1 atom stereocenters. The molecule has 16 heavy (non-hydrogen) atoms. The van der Waals surface area contributed by atoms with Crippen molar-refractivity contribution in [2.24, 2.45) is 5.92 Å². The Morgan fingerprint density at radius 3 is 2.56 bits per heavy atom. The summed E-state index contributed by atoms with van der Waals surface area (Å²) in [7, 11) is 0. The molecule has 2 N–H and O–H groups in total. The van der Waals surface area contributed by atoms with Gasteiger partial charge in [0, 0.05) is 18.6 Å². The van der Waals surface area contributed by atoms with Gasteiger partial charge < -0.3 is 15.3 Å². The van der Waals surface area contributed by atoms with Crippen molar-refractivity contribution in [2.45, 2.75) is 51.1 Å². The van der Waals surface area contributed by atoms with Crippen molar-refractivity contribution in [3.63, 3.8) is 0 Å². The van der Waals surface area contributed by atoms with Crippen LogP contribution < -0.4 is 5.32 Å². The van der Waals surface area contributed by atoms with Crippen LogP contribution in [-0.4, -0.2) is 48.3 Å². The zero-order valence-electron chi connectivity index (χ0n) is 10.5. The van der Waals surface area contributed by atoms with Crippen molar-refractivity contribution >= 4 is 0 Å². The van der Waals surface area contributed by atoms with Crippen molar-refractivity contribution in [1.29, 1.82) is 0 Å². The van der Waals surface area contributed by atoms with E-state index < -0.39 is 0 Å². The van der Waals surface area contributed by atoms with E-state index in [9.17, 15) is 5.11 Å². The molecule has 3 heteroatoms. The Hall–Kier alpha value is -0.120. The molecule has 0 saturated heterocycles. The molecule has 3 nitrogen and oxygen atoms in total. The Kier molecular flexibility index (Phi) is 4.62. The van der Waals surface area contributed by atoms with E-state index in [0.29, 0.717) is 12.1 Å².